The standard InChI is InChI=1S/C16H27N5/c1-6-20(7-2)10-9-11-21(8-3)16-15(12-17)13(4)14(5)18-19-16/h6-11H2,1-5H3. The topological polar surface area (TPSA) is 56.1 Å². The maximum Gasteiger partial charge on any atom is 0.169 e. The highest BCUT2D eigenvalue weighted by atomic mass is 15.3. The second-order valence-corrected chi connectivity index (χ2v) is 5.18. The Hall–Kier alpha value is -1.67. The van der Waals surface area contributed by atoms with Crippen LogP contribution in [0.3, 0.4) is 0 Å². The molecule has 0 spiro atoms. The second-order valence-electron chi connectivity index (χ2n) is 5.18. The highest BCUT2D eigenvalue weighted by molar-refractivity contribution is 5.57. The van der Waals surface area contributed by atoms with Crippen molar-refractivity contribution in [3.05, 3.63) is 16.8 Å². The molecule has 0 aliphatic carbocycles. The third-order valence-corrected chi connectivity index (χ3v) is 4.03. The molecule has 5 heteroatoms. The van der Waals surface area contributed by atoms with E-state index in [9.17, 15) is 5.26 Å². The van der Waals surface area contributed by atoms with Gasteiger partial charge in [0, 0.05) is 13.1 Å². The van der Waals surface area contributed by atoms with E-state index >= 15 is 0 Å². The second kappa shape index (κ2) is 8.58. The summed E-state index contributed by atoms with van der Waals surface area (Å²) in [5, 5.41) is 17.8. The molecule has 0 N–H and O–H groups in total. The molecule has 1 aromatic heterocycles. The molecule has 1 aromatic rings. The van der Waals surface area contributed by atoms with E-state index in [0.717, 1.165) is 56.2 Å². The monoisotopic (exact) mass is 289 g/mol. The van der Waals surface area contributed by atoms with Gasteiger partial charge in [0.2, 0.25) is 0 Å². The van der Waals surface area contributed by atoms with E-state index in [1.54, 1.807) is 0 Å². The molecule has 0 bridgehead atoms. The summed E-state index contributed by atoms with van der Waals surface area (Å²) in [6.45, 7) is 15.3. The summed E-state index contributed by atoms with van der Waals surface area (Å²) in [4.78, 5) is 4.56. The number of hydrogen-bond acceptors (Lipinski definition) is 5. The third-order valence-electron chi connectivity index (χ3n) is 4.03. The van der Waals surface area contributed by atoms with Crippen LogP contribution in [0.2, 0.25) is 0 Å². The van der Waals surface area contributed by atoms with E-state index < -0.39 is 0 Å². The average molecular weight is 289 g/mol. The van der Waals surface area contributed by atoms with Crippen molar-refractivity contribution in [2.24, 2.45) is 0 Å². The molecule has 0 radical (unpaired) electrons. The summed E-state index contributed by atoms with van der Waals surface area (Å²) in [7, 11) is 0. The summed E-state index contributed by atoms with van der Waals surface area (Å²) in [5.74, 6) is 0.725. The van der Waals surface area contributed by atoms with E-state index in [4.69, 9.17) is 0 Å². The number of nitrogens with zero attached hydrogens (tertiary/aromatic N) is 5. The van der Waals surface area contributed by atoms with Crippen LogP contribution in [0.15, 0.2) is 0 Å². The van der Waals surface area contributed by atoms with E-state index in [2.05, 4.69) is 46.8 Å². The Kier molecular flexibility index (Phi) is 7.10. The minimum atomic E-state index is 0.659. The number of rotatable bonds is 8. The summed E-state index contributed by atoms with van der Waals surface area (Å²) in [6, 6.07) is 2.29. The van der Waals surface area contributed by atoms with Gasteiger partial charge in [-0.2, -0.15) is 10.4 Å². The fraction of sp³-hybridized carbons (Fsp3) is 0.688. The van der Waals surface area contributed by atoms with Gasteiger partial charge in [-0.15, -0.1) is 5.10 Å². The van der Waals surface area contributed by atoms with Crippen molar-refractivity contribution in [1.82, 2.24) is 15.1 Å². The predicted molar refractivity (Wildman–Crippen MR) is 86.5 cm³/mol. The first-order chi connectivity index (χ1) is 10.1. The predicted octanol–water partition coefficient (Wildman–Crippen LogP) is 2.52. The molecule has 0 amide bonds. The first kappa shape index (κ1) is 17.4. The molecule has 0 atom stereocenters. The van der Waals surface area contributed by atoms with Crippen molar-refractivity contribution in [2.45, 2.75) is 41.0 Å². The smallest absolute Gasteiger partial charge is 0.169 e. The summed E-state index contributed by atoms with van der Waals surface area (Å²) in [5.41, 5.74) is 2.42. The molecule has 0 aliphatic rings. The van der Waals surface area contributed by atoms with Gasteiger partial charge in [-0.1, -0.05) is 13.8 Å². The van der Waals surface area contributed by atoms with Crippen LogP contribution in [0.5, 0.6) is 0 Å². The number of aryl methyl sites for hydroxylation is 1. The number of hydrogen-bond donors (Lipinski definition) is 0. The zero-order chi connectivity index (χ0) is 15.8. The molecular formula is C16H27N5. The van der Waals surface area contributed by atoms with Crippen LogP contribution in [0.1, 0.15) is 44.0 Å². The van der Waals surface area contributed by atoms with Gasteiger partial charge in [-0.3, -0.25) is 0 Å². The maximum absolute atomic E-state index is 9.41. The van der Waals surface area contributed by atoms with Gasteiger partial charge in [0.1, 0.15) is 11.6 Å². The summed E-state index contributed by atoms with van der Waals surface area (Å²) >= 11 is 0. The third kappa shape index (κ3) is 4.40. The fourth-order valence-corrected chi connectivity index (χ4v) is 2.39. The zero-order valence-corrected chi connectivity index (χ0v) is 14.0. The average Bonchev–Trinajstić information content (AvgIpc) is 2.50. The summed E-state index contributed by atoms with van der Waals surface area (Å²) in [6.07, 6.45) is 1.06. The van der Waals surface area contributed by atoms with Crippen molar-refractivity contribution in [3.8, 4) is 6.07 Å². The van der Waals surface area contributed by atoms with Crippen LogP contribution >= 0.6 is 0 Å². The lowest BCUT2D eigenvalue weighted by Gasteiger charge is -2.25. The molecule has 0 fully saturated rings. The SMILES string of the molecule is CCN(CC)CCCN(CC)c1nnc(C)c(C)c1C#N. The molecule has 0 saturated heterocycles. The van der Waals surface area contributed by atoms with Gasteiger partial charge in [0.05, 0.1) is 5.69 Å². The largest absolute Gasteiger partial charge is 0.354 e. The van der Waals surface area contributed by atoms with Crippen molar-refractivity contribution in [3.63, 3.8) is 0 Å². The van der Waals surface area contributed by atoms with Gasteiger partial charge in [0.25, 0.3) is 0 Å². The minimum absolute atomic E-state index is 0.659. The maximum atomic E-state index is 9.41. The number of nitriles is 1. The van der Waals surface area contributed by atoms with Gasteiger partial charge < -0.3 is 9.80 Å². The van der Waals surface area contributed by atoms with Crippen LogP contribution in [0, 0.1) is 25.2 Å². The highest BCUT2D eigenvalue weighted by Crippen LogP contribution is 2.21. The van der Waals surface area contributed by atoms with E-state index in [0.29, 0.717) is 5.56 Å². The van der Waals surface area contributed by atoms with Crippen LogP contribution < -0.4 is 4.90 Å². The van der Waals surface area contributed by atoms with Crippen molar-refractivity contribution < 1.29 is 0 Å². The first-order valence-electron chi connectivity index (χ1n) is 7.80. The molecule has 0 aliphatic heterocycles. The molecule has 0 unspecified atom stereocenters. The van der Waals surface area contributed by atoms with Crippen LogP contribution in [-0.2, 0) is 0 Å². The Morgan fingerprint density at radius 3 is 2.19 bits per heavy atom. The van der Waals surface area contributed by atoms with E-state index in [1.807, 2.05) is 13.8 Å². The van der Waals surface area contributed by atoms with Crippen molar-refractivity contribution >= 4 is 5.82 Å². The normalized spacial score (nSPS) is 10.7. The molecule has 21 heavy (non-hydrogen) atoms. The fourth-order valence-electron chi connectivity index (χ4n) is 2.39. The molecule has 5 nitrogen and oxygen atoms in total. The van der Waals surface area contributed by atoms with Crippen LogP contribution in [0.25, 0.3) is 0 Å². The van der Waals surface area contributed by atoms with E-state index in [1.165, 1.54) is 0 Å². The molecule has 0 saturated carbocycles. The number of anilines is 1. The Labute approximate surface area is 128 Å². The Morgan fingerprint density at radius 2 is 1.67 bits per heavy atom. The lowest BCUT2D eigenvalue weighted by atomic mass is 10.1. The molecule has 1 heterocycles. The Morgan fingerprint density at radius 1 is 1.00 bits per heavy atom. The first-order valence-corrected chi connectivity index (χ1v) is 7.80. The lowest BCUT2D eigenvalue weighted by molar-refractivity contribution is 0.300. The van der Waals surface area contributed by atoms with Gasteiger partial charge in [-0.05, 0) is 52.4 Å². The minimum Gasteiger partial charge on any atom is -0.354 e. The van der Waals surface area contributed by atoms with Gasteiger partial charge in [-0.25, -0.2) is 0 Å². The Bertz CT molecular complexity index is 488. The quantitative estimate of drug-likeness (QED) is 0.736. The summed E-state index contributed by atoms with van der Waals surface area (Å²) < 4.78 is 0. The zero-order valence-electron chi connectivity index (χ0n) is 14.0. The molecular weight excluding hydrogens is 262 g/mol. The van der Waals surface area contributed by atoms with Crippen LogP contribution in [0.4, 0.5) is 5.82 Å². The van der Waals surface area contributed by atoms with E-state index in [-0.39, 0.29) is 0 Å². The van der Waals surface area contributed by atoms with Gasteiger partial charge in [0.15, 0.2) is 5.82 Å². The van der Waals surface area contributed by atoms with Crippen molar-refractivity contribution in [2.75, 3.05) is 37.6 Å². The Balaban J connectivity index is 2.82. The van der Waals surface area contributed by atoms with Crippen molar-refractivity contribution in [1.29, 1.82) is 5.26 Å². The number of aromatic nitrogens is 2. The lowest BCUT2D eigenvalue weighted by Crippen LogP contribution is -2.31. The molecule has 1 rings (SSSR count). The molecule has 0 aromatic carbocycles. The highest BCUT2D eigenvalue weighted by Gasteiger charge is 2.16. The molecule has 116 valence electrons. The van der Waals surface area contributed by atoms with Crippen LogP contribution in [-0.4, -0.2) is 47.8 Å². The van der Waals surface area contributed by atoms with Gasteiger partial charge >= 0.3 is 0 Å².